The van der Waals surface area contributed by atoms with Crippen molar-refractivity contribution >= 4 is 27.6 Å². The van der Waals surface area contributed by atoms with Gasteiger partial charge in [-0.25, -0.2) is 8.42 Å². The second-order valence-corrected chi connectivity index (χ2v) is 8.40. The van der Waals surface area contributed by atoms with Gasteiger partial charge in [-0.3, -0.25) is 14.3 Å². The van der Waals surface area contributed by atoms with Crippen LogP contribution >= 0.6 is 0 Å². The number of sulfonamides is 1. The van der Waals surface area contributed by atoms with Crippen LogP contribution in [0.1, 0.15) is 48.5 Å². The summed E-state index contributed by atoms with van der Waals surface area (Å²) in [6.45, 7) is 1.68. The lowest BCUT2D eigenvalue weighted by Gasteiger charge is -2.10. The van der Waals surface area contributed by atoms with Gasteiger partial charge in [0, 0.05) is 11.3 Å². The van der Waals surface area contributed by atoms with E-state index >= 15 is 0 Å². The lowest BCUT2D eigenvalue weighted by Crippen LogP contribution is -2.29. The van der Waals surface area contributed by atoms with Crippen molar-refractivity contribution in [2.45, 2.75) is 43.9 Å². The van der Waals surface area contributed by atoms with Gasteiger partial charge in [-0.05, 0) is 54.8 Å². The number of aryl methyl sites for hydroxylation is 1. The van der Waals surface area contributed by atoms with Gasteiger partial charge in [-0.15, -0.1) is 0 Å². The summed E-state index contributed by atoms with van der Waals surface area (Å²) in [7, 11) is -3.74. The number of hydrogen-bond donors (Lipinski definition) is 3. The molecule has 0 aliphatic rings. The van der Waals surface area contributed by atoms with Gasteiger partial charge in [-0.1, -0.05) is 38.3 Å². The van der Waals surface area contributed by atoms with E-state index in [0.29, 0.717) is 5.69 Å². The van der Waals surface area contributed by atoms with E-state index in [1.165, 1.54) is 43.5 Å². The summed E-state index contributed by atoms with van der Waals surface area (Å²) in [5, 5.41) is 10.8. The Morgan fingerprint density at radius 2 is 1.59 bits per heavy atom. The van der Waals surface area contributed by atoms with Crippen molar-refractivity contribution in [3.8, 4) is 0 Å². The molecule has 2 aromatic rings. The number of aliphatic carboxylic acids is 1. The van der Waals surface area contributed by atoms with Gasteiger partial charge in [0.1, 0.15) is 6.54 Å². The minimum atomic E-state index is -3.74. The normalized spacial score (nSPS) is 11.1. The van der Waals surface area contributed by atoms with Crippen LogP contribution in [-0.4, -0.2) is 31.9 Å². The first-order valence-corrected chi connectivity index (χ1v) is 11.0. The third-order valence-corrected chi connectivity index (χ3v) is 5.75. The van der Waals surface area contributed by atoms with Crippen molar-refractivity contribution in [3.63, 3.8) is 0 Å². The standard InChI is InChI=1S/C21H26N2O5S/c1-2-3-4-5-6-16-7-13-19(14-8-16)29(27,28)23-18-11-9-17(10-12-18)21(26)22-15-20(24)25/h7-14,23H,2-6,15H2,1H3,(H,22,26)(H,24,25). The van der Waals surface area contributed by atoms with E-state index < -0.39 is 28.4 Å². The van der Waals surface area contributed by atoms with Crippen molar-refractivity contribution in [1.82, 2.24) is 5.32 Å². The van der Waals surface area contributed by atoms with Crippen molar-refractivity contribution < 1.29 is 23.1 Å². The quantitative estimate of drug-likeness (QED) is 0.484. The van der Waals surface area contributed by atoms with Crippen LogP contribution in [0.25, 0.3) is 0 Å². The highest BCUT2D eigenvalue weighted by molar-refractivity contribution is 7.92. The molecular formula is C21H26N2O5S. The zero-order valence-electron chi connectivity index (χ0n) is 16.3. The predicted molar refractivity (Wildman–Crippen MR) is 112 cm³/mol. The molecule has 0 bridgehead atoms. The fraction of sp³-hybridized carbons (Fsp3) is 0.333. The van der Waals surface area contributed by atoms with E-state index in [-0.39, 0.29) is 10.5 Å². The first-order chi connectivity index (χ1) is 13.8. The number of carbonyl (C=O) groups excluding carboxylic acids is 1. The second kappa shape index (κ2) is 10.6. The van der Waals surface area contributed by atoms with Gasteiger partial charge in [-0.2, -0.15) is 0 Å². The van der Waals surface area contributed by atoms with Crippen LogP contribution < -0.4 is 10.0 Å². The first-order valence-electron chi connectivity index (χ1n) is 9.53. The Morgan fingerprint density at radius 1 is 0.931 bits per heavy atom. The van der Waals surface area contributed by atoms with Crippen LogP contribution in [0.4, 0.5) is 5.69 Å². The van der Waals surface area contributed by atoms with E-state index in [1.54, 1.807) is 12.1 Å². The number of anilines is 1. The number of carbonyl (C=O) groups is 2. The highest BCUT2D eigenvalue weighted by atomic mass is 32.2. The lowest BCUT2D eigenvalue weighted by atomic mass is 10.1. The lowest BCUT2D eigenvalue weighted by molar-refractivity contribution is -0.135. The van der Waals surface area contributed by atoms with Gasteiger partial charge >= 0.3 is 5.97 Å². The molecule has 2 rings (SSSR count). The number of benzene rings is 2. The average molecular weight is 419 g/mol. The first kappa shape index (κ1) is 22.4. The second-order valence-electron chi connectivity index (χ2n) is 6.71. The van der Waals surface area contributed by atoms with Gasteiger partial charge in [0.2, 0.25) is 0 Å². The van der Waals surface area contributed by atoms with Crippen LogP contribution in [-0.2, 0) is 21.2 Å². The molecule has 29 heavy (non-hydrogen) atoms. The average Bonchev–Trinajstić information content (AvgIpc) is 2.70. The van der Waals surface area contributed by atoms with Crippen molar-refractivity contribution in [3.05, 3.63) is 59.7 Å². The number of hydrogen-bond acceptors (Lipinski definition) is 4. The fourth-order valence-corrected chi connectivity index (χ4v) is 3.81. The number of rotatable bonds is 11. The van der Waals surface area contributed by atoms with Crippen LogP contribution in [0.15, 0.2) is 53.4 Å². The Labute approximate surface area is 171 Å². The molecule has 0 spiro atoms. The molecule has 0 aliphatic heterocycles. The predicted octanol–water partition coefficient (Wildman–Crippen LogP) is 3.42. The molecule has 0 saturated carbocycles. The number of nitrogens with one attached hydrogen (secondary N) is 2. The van der Waals surface area contributed by atoms with Crippen molar-refractivity contribution in [2.75, 3.05) is 11.3 Å². The maximum absolute atomic E-state index is 12.6. The molecule has 1 amide bonds. The molecule has 0 atom stereocenters. The van der Waals surface area contributed by atoms with Crippen molar-refractivity contribution in [2.24, 2.45) is 0 Å². The molecule has 0 aliphatic carbocycles. The molecule has 0 fully saturated rings. The molecule has 0 heterocycles. The summed E-state index contributed by atoms with van der Waals surface area (Å²) in [6.07, 6.45) is 5.57. The smallest absolute Gasteiger partial charge is 0.322 e. The molecule has 0 radical (unpaired) electrons. The Kier molecular flexibility index (Phi) is 8.21. The van der Waals surface area contributed by atoms with Gasteiger partial charge in [0.05, 0.1) is 4.90 Å². The minimum Gasteiger partial charge on any atom is -0.480 e. The summed E-state index contributed by atoms with van der Waals surface area (Å²) in [6, 6.07) is 12.6. The molecule has 7 nitrogen and oxygen atoms in total. The largest absolute Gasteiger partial charge is 0.480 e. The molecule has 8 heteroatoms. The SMILES string of the molecule is CCCCCCc1ccc(S(=O)(=O)Nc2ccc(C(=O)NCC(=O)O)cc2)cc1. The van der Waals surface area contributed by atoms with Crippen LogP contribution in [0.5, 0.6) is 0 Å². The maximum Gasteiger partial charge on any atom is 0.322 e. The Hall–Kier alpha value is -2.87. The van der Waals surface area contributed by atoms with E-state index in [1.807, 2.05) is 12.1 Å². The van der Waals surface area contributed by atoms with E-state index in [0.717, 1.165) is 18.4 Å². The molecular weight excluding hydrogens is 392 g/mol. The molecule has 0 saturated heterocycles. The van der Waals surface area contributed by atoms with Crippen LogP contribution in [0.2, 0.25) is 0 Å². The highest BCUT2D eigenvalue weighted by Crippen LogP contribution is 2.18. The van der Waals surface area contributed by atoms with E-state index in [9.17, 15) is 18.0 Å². The monoisotopic (exact) mass is 418 g/mol. The minimum absolute atomic E-state index is 0.165. The number of carboxylic acid groups (broad SMARTS) is 1. The zero-order valence-corrected chi connectivity index (χ0v) is 17.2. The molecule has 0 unspecified atom stereocenters. The molecule has 0 aromatic heterocycles. The summed E-state index contributed by atoms with van der Waals surface area (Å²) in [4.78, 5) is 22.5. The summed E-state index contributed by atoms with van der Waals surface area (Å²) < 4.78 is 27.6. The van der Waals surface area contributed by atoms with E-state index in [4.69, 9.17) is 5.11 Å². The van der Waals surface area contributed by atoms with Crippen LogP contribution in [0, 0.1) is 0 Å². The Morgan fingerprint density at radius 3 is 2.17 bits per heavy atom. The number of unbranched alkanes of at least 4 members (excludes halogenated alkanes) is 3. The Bertz CT molecular complexity index is 923. The Balaban J connectivity index is 1.98. The summed E-state index contributed by atoms with van der Waals surface area (Å²) in [5.41, 5.74) is 1.65. The number of amides is 1. The van der Waals surface area contributed by atoms with Gasteiger partial charge in [0.25, 0.3) is 15.9 Å². The zero-order chi connectivity index (χ0) is 21.3. The summed E-state index contributed by atoms with van der Waals surface area (Å²) in [5.74, 6) is -1.69. The van der Waals surface area contributed by atoms with Crippen molar-refractivity contribution in [1.29, 1.82) is 0 Å². The van der Waals surface area contributed by atoms with Gasteiger partial charge in [0.15, 0.2) is 0 Å². The molecule has 2 aromatic carbocycles. The van der Waals surface area contributed by atoms with Crippen LogP contribution in [0.3, 0.4) is 0 Å². The van der Waals surface area contributed by atoms with Gasteiger partial charge < -0.3 is 10.4 Å². The molecule has 156 valence electrons. The third-order valence-electron chi connectivity index (χ3n) is 4.35. The molecule has 3 N–H and O–H groups in total. The van der Waals surface area contributed by atoms with E-state index in [2.05, 4.69) is 17.0 Å². The number of carboxylic acids is 1. The highest BCUT2D eigenvalue weighted by Gasteiger charge is 2.15. The third kappa shape index (κ3) is 7.23. The summed E-state index contributed by atoms with van der Waals surface area (Å²) >= 11 is 0. The maximum atomic E-state index is 12.6. The fourth-order valence-electron chi connectivity index (χ4n) is 2.75. The topological polar surface area (TPSA) is 113 Å².